The number of nitrogens with one attached hydrogen (secondary N) is 1. The van der Waals surface area contributed by atoms with E-state index in [1.54, 1.807) is 0 Å². The summed E-state index contributed by atoms with van der Waals surface area (Å²) in [6, 6.07) is 17.6. The summed E-state index contributed by atoms with van der Waals surface area (Å²) in [5.41, 5.74) is 2.68. The number of hydrogen-bond donors (Lipinski definition) is 1. The summed E-state index contributed by atoms with van der Waals surface area (Å²) in [7, 11) is 0. The molecule has 1 unspecified atom stereocenters. The molecular weight excluding hydrogens is 346 g/mol. The summed E-state index contributed by atoms with van der Waals surface area (Å²) in [6.45, 7) is 1.03. The van der Waals surface area contributed by atoms with Gasteiger partial charge in [0, 0.05) is 28.0 Å². The summed E-state index contributed by atoms with van der Waals surface area (Å²) in [4.78, 5) is 0. The van der Waals surface area contributed by atoms with Gasteiger partial charge >= 0.3 is 0 Å². The van der Waals surface area contributed by atoms with Gasteiger partial charge in [0.25, 0.3) is 0 Å². The quantitative estimate of drug-likeness (QED) is 0.744. The van der Waals surface area contributed by atoms with E-state index in [9.17, 15) is 0 Å². The first kappa shape index (κ1) is 15.1. The third-order valence-electron chi connectivity index (χ3n) is 3.94. The van der Waals surface area contributed by atoms with Crippen LogP contribution in [0.3, 0.4) is 0 Å². The van der Waals surface area contributed by atoms with Crippen LogP contribution in [0.5, 0.6) is 0 Å². The van der Waals surface area contributed by atoms with Crippen LogP contribution < -0.4 is 5.32 Å². The van der Waals surface area contributed by atoms with E-state index in [1.807, 2.05) is 12.1 Å². The van der Waals surface area contributed by atoms with Crippen molar-refractivity contribution in [3.05, 3.63) is 69.2 Å². The van der Waals surface area contributed by atoms with Crippen LogP contribution in [0.4, 0.5) is 0 Å². The largest absolute Gasteiger partial charge is 0.313 e. The van der Waals surface area contributed by atoms with Crippen molar-refractivity contribution >= 4 is 27.5 Å². The molecule has 0 saturated heterocycles. The van der Waals surface area contributed by atoms with Crippen LogP contribution in [-0.2, 0) is 6.42 Å². The first-order valence-corrected chi connectivity index (χ1v) is 8.61. The van der Waals surface area contributed by atoms with Crippen molar-refractivity contribution in [3.8, 4) is 0 Å². The van der Waals surface area contributed by atoms with E-state index >= 15 is 0 Å². The lowest BCUT2D eigenvalue weighted by atomic mass is 9.92. The fourth-order valence-corrected chi connectivity index (χ4v) is 3.06. The number of halogens is 2. The molecule has 0 aliphatic heterocycles. The second-order valence-electron chi connectivity index (χ2n) is 5.77. The Morgan fingerprint density at radius 1 is 1.14 bits per heavy atom. The zero-order valence-electron chi connectivity index (χ0n) is 11.9. The average molecular weight is 365 g/mol. The van der Waals surface area contributed by atoms with E-state index in [1.165, 1.54) is 24.0 Å². The van der Waals surface area contributed by atoms with Crippen molar-refractivity contribution < 1.29 is 0 Å². The van der Waals surface area contributed by atoms with E-state index < -0.39 is 0 Å². The molecule has 0 amide bonds. The van der Waals surface area contributed by atoms with Crippen LogP contribution in [0.15, 0.2) is 53.0 Å². The first-order valence-electron chi connectivity index (χ1n) is 7.44. The molecule has 110 valence electrons. The molecule has 1 saturated carbocycles. The number of benzene rings is 2. The summed E-state index contributed by atoms with van der Waals surface area (Å²) in [5, 5.41) is 4.48. The maximum atomic E-state index is 6.11. The molecular formula is C18H19BrClN. The molecule has 0 radical (unpaired) electrons. The molecule has 1 atom stereocenters. The minimum absolute atomic E-state index is 0.483. The van der Waals surface area contributed by atoms with Crippen LogP contribution in [0, 0.1) is 0 Å². The van der Waals surface area contributed by atoms with Crippen molar-refractivity contribution in [3.63, 3.8) is 0 Å². The van der Waals surface area contributed by atoms with Gasteiger partial charge in [0.2, 0.25) is 0 Å². The Kier molecular flexibility index (Phi) is 4.99. The maximum Gasteiger partial charge on any atom is 0.0408 e. The van der Waals surface area contributed by atoms with Gasteiger partial charge in [0.05, 0.1) is 0 Å². The van der Waals surface area contributed by atoms with Crippen molar-refractivity contribution in [2.45, 2.75) is 31.2 Å². The zero-order chi connectivity index (χ0) is 14.7. The predicted molar refractivity (Wildman–Crippen MR) is 93.1 cm³/mol. The fourth-order valence-electron chi connectivity index (χ4n) is 2.59. The fraction of sp³-hybridized carbons (Fsp3) is 0.333. The Morgan fingerprint density at radius 3 is 2.57 bits per heavy atom. The van der Waals surface area contributed by atoms with Crippen molar-refractivity contribution in [1.82, 2.24) is 5.32 Å². The molecule has 3 rings (SSSR count). The molecule has 2 aromatic rings. The molecule has 3 heteroatoms. The third-order valence-corrected chi connectivity index (χ3v) is 4.71. The van der Waals surface area contributed by atoms with Gasteiger partial charge in [-0.2, -0.15) is 0 Å². The minimum Gasteiger partial charge on any atom is -0.313 e. The highest BCUT2D eigenvalue weighted by molar-refractivity contribution is 9.10. The van der Waals surface area contributed by atoms with Crippen molar-refractivity contribution in [2.75, 3.05) is 6.54 Å². The summed E-state index contributed by atoms with van der Waals surface area (Å²) >= 11 is 9.62. The topological polar surface area (TPSA) is 12.0 Å². The Labute approximate surface area is 139 Å². The van der Waals surface area contributed by atoms with Gasteiger partial charge in [-0.25, -0.2) is 0 Å². The average Bonchev–Trinajstić information content (AvgIpc) is 3.29. The van der Waals surface area contributed by atoms with E-state index in [4.69, 9.17) is 11.6 Å². The molecule has 1 nitrogen and oxygen atoms in total. The van der Waals surface area contributed by atoms with Gasteiger partial charge in [-0.3, -0.25) is 0 Å². The molecule has 0 heterocycles. The highest BCUT2D eigenvalue weighted by Gasteiger charge is 2.22. The van der Waals surface area contributed by atoms with E-state index in [2.05, 4.69) is 57.6 Å². The lowest BCUT2D eigenvalue weighted by molar-refractivity contribution is 0.577. The van der Waals surface area contributed by atoms with Gasteiger partial charge in [-0.15, -0.1) is 0 Å². The standard InChI is InChI=1S/C18H19BrClN/c19-16-6-4-14(5-7-16)15(12-21-18-8-9-18)10-13-2-1-3-17(20)11-13/h1-7,11,15,18,21H,8-10,12H2. The van der Waals surface area contributed by atoms with E-state index in [-0.39, 0.29) is 0 Å². The summed E-state index contributed by atoms with van der Waals surface area (Å²) in [6.07, 6.45) is 3.66. The van der Waals surface area contributed by atoms with Gasteiger partial charge in [0.1, 0.15) is 0 Å². The molecule has 2 aromatic carbocycles. The Balaban J connectivity index is 1.75. The SMILES string of the molecule is Clc1cccc(CC(CNC2CC2)c2ccc(Br)cc2)c1. The molecule has 1 aliphatic carbocycles. The molecule has 0 spiro atoms. The number of rotatable bonds is 6. The Morgan fingerprint density at radius 2 is 1.90 bits per heavy atom. The maximum absolute atomic E-state index is 6.11. The molecule has 1 aliphatic rings. The third kappa shape index (κ3) is 4.57. The lowest BCUT2D eigenvalue weighted by Gasteiger charge is -2.19. The summed E-state index contributed by atoms with van der Waals surface area (Å²) in [5.74, 6) is 0.483. The molecule has 1 N–H and O–H groups in total. The summed E-state index contributed by atoms with van der Waals surface area (Å²) < 4.78 is 1.13. The second-order valence-corrected chi connectivity index (χ2v) is 7.12. The molecule has 0 aromatic heterocycles. The van der Waals surface area contributed by atoms with Crippen LogP contribution in [0.1, 0.15) is 29.9 Å². The molecule has 0 bridgehead atoms. The van der Waals surface area contributed by atoms with Gasteiger partial charge in [-0.1, -0.05) is 51.8 Å². The van der Waals surface area contributed by atoms with Gasteiger partial charge < -0.3 is 5.32 Å². The molecule has 21 heavy (non-hydrogen) atoms. The minimum atomic E-state index is 0.483. The lowest BCUT2D eigenvalue weighted by Crippen LogP contribution is -2.24. The van der Waals surface area contributed by atoms with Crippen LogP contribution in [-0.4, -0.2) is 12.6 Å². The van der Waals surface area contributed by atoms with E-state index in [0.717, 1.165) is 28.5 Å². The number of hydrogen-bond acceptors (Lipinski definition) is 1. The van der Waals surface area contributed by atoms with Gasteiger partial charge in [0.15, 0.2) is 0 Å². The predicted octanol–water partition coefficient (Wildman–Crippen LogP) is 5.18. The van der Waals surface area contributed by atoms with Crippen LogP contribution >= 0.6 is 27.5 Å². The van der Waals surface area contributed by atoms with Crippen LogP contribution in [0.2, 0.25) is 5.02 Å². The molecule has 1 fully saturated rings. The zero-order valence-corrected chi connectivity index (χ0v) is 14.2. The monoisotopic (exact) mass is 363 g/mol. The Bertz CT molecular complexity index is 592. The van der Waals surface area contributed by atoms with Gasteiger partial charge in [-0.05, 0) is 54.7 Å². The highest BCUT2D eigenvalue weighted by atomic mass is 79.9. The first-order chi connectivity index (χ1) is 10.2. The highest BCUT2D eigenvalue weighted by Crippen LogP contribution is 2.26. The van der Waals surface area contributed by atoms with E-state index in [0.29, 0.717) is 5.92 Å². The van der Waals surface area contributed by atoms with Crippen molar-refractivity contribution in [1.29, 1.82) is 0 Å². The normalized spacial score (nSPS) is 15.9. The van der Waals surface area contributed by atoms with Crippen LogP contribution in [0.25, 0.3) is 0 Å². The smallest absolute Gasteiger partial charge is 0.0408 e. The second kappa shape index (κ2) is 6.95. The van der Waals surface area contributed by atoms with Crippen molar-refractivity contribution in [2.24, 2.45) is 0 Å². The Hall–Kier alpha value is -0.830.